The summed E-state index contributed by atoms with van der Waals surface area (Å²) in [4.78, 5) is 22.7. The van der Waals surface area contributed by atoms with E-state index in [1.165, 1.54) is 0 Å². The lowest BCUT2D eigenvalue weighted by atomic mass is 9.99. The minimum atomic E-state index is -0.403. The standard InChI is InChI=1S/C13H17N3O2/c14-12(17)6-10-3-1-2-4-11(10)16-13(18)5-9-7-15-8-9/h1-4,9,15H,5-8H2,(H2,14,17)(H,16,18). The quantitative estimate of drug-likeness (QED) is 0.698. The highest BCUT2D eigenvalue weighted by Crippen LogP contribution is 2.17. The van der Waals surface area contributed by atoms with Gasteiger partial charge in [0.05, 0.1) is 6.42 Å². The van der Waals surface area contributed by atoms with Crippen LogP contribution in [0.15, 0.2) is 24.3 Å². The van der Waals surface area contributed by atoms with Gasteiger partial charge in [0, 0.05) is 12.1 Å². The zero-order chi connectivity index (χ0) is 13.0. The van der Waals surface area contributed by atoms with E-state index in [1.54, 1.807) is 12.1 Å². The third kappa shape index (κ3) is 3.30. The Morgan fingerprint density at radius 2 is 2.06 bits per heavy atom. The van der Waals surface area contributed by atoms with Crippen molar-refractivity contribution in [3.63, 3.8) is 0 Å². The van der Waals surface area contributed by atoms with Gasteiger partial charge in [0.25, 0.3) is 0 Å². The Balaban J connectivity index is 1.98. The fraction of sp³-hybridized carbons (Fsp3) is 0.385. The van der Waals surface area contributed by atoms with Crippen LogP contribution >= 0.6 is 0 Å². The topological polar surface area (TPSA) is 84.2 Å². The number of carbonyl (C=O) groups is 2. The van der Waals surface area contributed by atoms with Crippen molar-refractivity contribution in [3.05, 3.63) is 29.8 Å². The summed E-state index contributed by atoms with van der Waals surface area (Å²) in [6, 6.07) is 7.23. The van der Waals surface area contributed by atoms with Gasteiger partial charge in [0.1, 0.15) is 0 Å². The summed E-state index contributed by atoms with van der Waals surface area (Å²) >= 11 is 0. The predicted octanol–water partition coefficient (Wildman–Crippen LogP) is 0.262. The Morgan fingerprint density at radius 1 is 1.33 bits per heavy atom. The normalized spacial score (nSPS) is 14.9. The summed E-state index contributed by atoms with van der Waals surface area (Å²) in [6.45, 7) is 1.80. The number of amides is 2. The molecule has 1 saturated heterocycles. The molecule has 0 saturated carbocycles. The Bertz CT molecular complexity index is 455. The van der Waals surface area contributed by atoms with Crippen LogP contribution in [-0.2, 0) is 16.0 Å². The second-order valence-electron chi connectivity index (χ2n) is 4.58. The van der Waals surface area contributed by atoms with E-state index >= 15 is 0 Å². The smallest absolute Gasteiger partial charge is 0.224 e. The fourth-order valence-corrected chi connectivity index (χ4v) is 1.94. The maximum atomic E-state index is 11.8. The first-order valence-electron chi connectivity index (χ1n) is 6.02. The van der Waals surface area contributed by atoms with Crippen LogP contribution in [0.2, 0.25) is 0 Å². The van der Waals surface area contributed by atoms with Gasteiger partial charge in [-0.25, -0.2) is 0 Å². The summed E-state index contributed by atoms with van der Waals surface area (Å²) in [5.41, 5.74) is 6.60. The van der Waals surface area contributed by atoms with Crippen LogP contribution in [0.25, 0.3) is 0 Å². The Hall–Kier alpha value is -1.88. The van der Waals surface area contributed by atoms with Crippen molar-refractivity contribution in [1.29, 1.82) is 0 Å². The van der Waals surface area contributed by atoms with Gasteiger partial charge in [-0.1, -0.05) is 18.2 Å². The molecule has 0 radical (unpaired) electrons. The molecule has 1 aromatic carbocycles. The average molecular weight is 247 g/mol. The van der Waals surface area contributed by atoms with Crippen molar-refractivity contribution in [2.45, 2.75) is 12.8 Å². The number of primary amides is 1. The van der Waals surface area contributed by atoms with E-state index in [1.807, 2.05) is 12.1 Å². The molecular weight excluding hydrogens is 230 g/mol. The van der Waals surface area contributed by atoms with Gasteiger partial charge in [-0.3, -0.25) is 9.59 Å². The maximum absolute atomic E-state index is 11.8. The van der Waals surface area contributed by atoms with Crippen LogP contribution < -0.4 is 16.4 Å². The van der Waals surface area contributed by atoms with Crippen LogP contribution in [-0.4, -0.2) is 24.9 Å². The average Bonchev–Trinajstić information content (AvgIpc) is 2.26. The molecule has 0 atom stereocenters. The molecule has 1 aliphatic heterocycles. The number of rotatable bonds is 5. The third-order valence-electron chi connectivity index (χ3n) is 3.00. The first-order valence-corrected chi connectivity index (χ1v) is 6.02. The SMILES string of the molecule is NC(=O)Cc1ccccc1NC(=O)CC1CNC1. The van der Waals surface area contributed by atoms with E-state index in [2.05, 4.69) is 10.6 Å². The third-order valence-corrected chi connectivity index (χ3v) is 3.00. The highest BCUT2D eigenvalue weighted by molar-refractivity contribution is 5.92. The maximum Gasteiger partial charge on any atom is 0.224 e. The number of carbonyl (C=O) groups excluding carboxylic acids is 2. The van der Waals surface area contributed by atoms with Gasteiger partial charge in [0.15, 0.2) is 0 Å². The number of nitrogens with one attached hydrogen (secondary N) is 2. The second kappa shape index (κ2) is 5.64. The molecule has 1 aromatic rings. The predicted molar refractivity (Wildman–Crippen MR) is 68.9 cm³/mol. The molecule has 0 aliphatic carbocycles. The summed E-state index contributed by atoms with van der Waals surface area (Å²) < 4.78 is 0. The molecule has 5 heteroatoms. The van der Waals surface area contributed by atoms with Gasteiger partial charge in [-0.05, 0) is 30.6 Å². The molecule has 0 aromatic heterocycles. The first kappa shape index (κ1) is 12.6. The number of para-hydroxylation sites is 1. The Morgan fingerprint density at radius 3 is 2.67 bits per heavy atom. The summed E-state index contributed by atoms with van der Waals surface area (Å²) in [5.74, 6) is 0.00612. The van der Waals surface area contributed by atoms with Crippen LogP contribution in [0.4, 0.5) is 5.69 Å². The van der Waals surface area contributed by atoms with E-state index in [4.69, 9.17) is 5.73 Å². The molecule has 0 unspecified atom stereocenters. The van der Waals surface area contributed by atoms with Crippen molar-refractivity contribution in [3.8, 4) is 0 Å². The molecule has 2 amide bonds. The van der Waals surface area contributed by atoms with Crippen molar-refractivity contribution >= 4 is 17.5 Å². The number of nitrogens with two attached hydrogens (primary N) is 1. The van der Waals surface area contributed by atoms with Crippen LogP contribution in [0.1, 0.15) is 12.0 Å². The van der Waals surface area contributed by atoms with E-state index in [9.17, 15) is 9.59 Å². The highest BCUT2D eigenvalue weighted by Gasteiger charge is 2.20. The fourth-order valence-electron chi connectivity index (χ4n) is 1.94. The monoisotopic (exact) mass is 247 g/mol. The van der Waals surface area contributed by atoms with E-state index in [0.29, 0.717) is 18.0 Å². The summed E-state index contributed by atoms with van der Waals surface area (Å²) in [6.07, 6.45) is 0.652. The molecule has 1 fully saturated rings. The summed E-state index contributed by atoms with van der Waals surface area (Å²) in [7, 11) is 0. The molecule has 1 heterocycles. The molecule has 1 aliphatic rings. The van der Waals surface area contributed by atoms with E-state index < -0.39 is 5.91 Å². The van der Waals surface area contributed by atoms with Gasteiger partial charge in [-0.15, -0.1) is 0 Å². The minimum absolute atomic E-state index is 0.0154. The minimum Gasteiger partial charge on any atom is -0.369 e. The molecule has 2 rings (SSSR count). The molecule has 96 valence electrons. The molecule has 5 nitrogen and oxygen atoms in total. The number of hydrogen-bond acceptors (Lipinski definition) is 3. The molecule has 0 spiro atoms. The molecule has 4 N–H and O–H groups in total. The van der Waals surface area contributed by atoms with Gasteiger partial charge in [-0.2, -0.15) is 0 Å². The zero-order valence-electron chi connectivity index (χ0n) is 10.1. The van der Waals surface area contributed by atoms with Gasteiger partial charge in [0.2, 0.25) is 11.8 Å². The van der Waals surface area contributed by atoms with E-state index in [0.717, 1.165) is 18.7 Å². The Labute approximate surface area is 106 Å². The number of anilines is 1. The van der Waals surface area contributed by atoms with Crippen molar-refractivity contribution in [1.82, 2.24) is 5.32 Å². The van der Waals surface area contributed by atoms with E-state index in [-0.39, 0.29) is 12.3 Å². The highest BCUT2D eigenvalue weighted by atomic mass is 16.2. The lowest BCUT2D eigenvalue weighted by Crippen LogP contribution is -2.43. The number of hydrogen-bond donors (Lipinski definition) is 3. The molecular formula is C13H17N3O2. The lowest BCUT2D eigenvalue weighted by molar-refractivity contribution is -0.118. The molecule has 18 heavy (non-hydrogen) atoms. The Kier molecular flexibility index (Phi) is 3.94. The lowest BCUT2D eigenvalue weighted by Gasteiger charge is -2.26. The summed E-state index contributed by atoms with van der Waals surface area (Å²) in [5, 5.41) is 5.97. The zero-order valence-corrected chi connectivity index (χ0v) is 10.1. The van der Waals surface area contributed by atoms with Crippen molar-refractivity contribution < 1.29 is 9.59 Å². The van der Waals surface area contributed by atoms with Crippen LogP contribution in [0.3, 0.4) is 0 Å². The van der Waals surface area contributed by atoms with Gasteiger partial charge >= 0.3 is 0 Å². The van der Waals surface area contributed by atoms with Crippen molar-refractivity contribution in [2.75, 3.05) is 18.4 Å². The number of benzene rings is 1. The van der Waals surface area contributed by atoms with Crippen molar-refractivity contribution in [2.24, 2.45) is 11.7 Å². The van der Waals surface area contributed by atoms with Crippen LogP contribution in [0, 0.1) is 5.92 Å². The van der Waals surface area contributed by atoms with Gasteiger partial charge < -0.3 is 16.4 Å². The van der Waals surface area contributed by atoms with Crippen LogP contribution in [0.5, 0.6) is 0 Å². The molecule has 0 bridgehead atoms. The largest absolute Gasteiger partial charge is 0.369 e. The second-order valence-corrected chi connectivity index (χ2v) is 4.58. The first-order chi connectivity index (χ1) is 8.65.